The Kier molecular flexibility index (Phi) is 6.71. The van der Waals surface area contributed by atoms with E-state index < -0.39 is 11.1 Å². The zero-order chi connectivity index (χ0) is 22.7. The van der Waals surface area contributed by atoms with Crippen LogP contribution in [0.5, 0.6) is 5.75 Å². The minimum atomic E-state index is -0.655. The zero-order valence-corrected chi connectivity index (χ0v) is 18.8. The molecule has 3 heterocycles. The SMILES string of the molecule is CCOC(=O)c1nc(N2CCN(C(=O)COc3ccc(Cl)cc3)CC2)c2cc(F)sc2n1. The van der Waals surface area contributed by atoms with Crippen molar-refractivity contribution in [3.05, 3.63) is 46.3 Å². The maximum absolute atomic E-state index is 13.9. The van der Waals surface area contributed by atoms with E-state index in [1.54, 1.807) is 36.1 Å². The molecule has 0 bridgehead atoms. The Hall–Kier alpha value is -2.98. The fourth-order valence-electron chi connectivity index (χ4n) is 3.34. The van der Waals surface area contributed by atoms with Crippen molar-refractivity contribution in [2.75, 3.05) is 44.3 Å². The molecule has 1 aliphatic rings. The van der Waals surface area contributed by atoms with Crippen molar-refractivity contribution in [3.8, 4) is 5.75 Å². The Balaban J connectivity index is 1.43. The van der Waals surface area contributed by atoms with Gasteiger partial charge in [0.25, 0.3) is 5.91 Å². The molecule has 0 unspecified atom stereocenters. The molecule has 2 aromatic heterocycles. The first kappa shape index (κ1) is 22.2. The van der Waals surface area contributed by atoms with E-state index in [1.807, 2.05) is 4.90 Å². The number of amides is 1. The number of benzene rings is 1. The third-order valence-corrected chi connectivity index (χ3v) is 5.98. The van der Waals surface area contributed by atoms with Gasteiger partial charge in [-0.25, -0.2) is 14.8 Å². The molecule has 11 heteroatoms. The number of carbonyl (C=O) groups is 2. The second kappa shape index (κ2) is 9.66. The maximum atomic E-state index is 13.9. The van der Waals surface area contributed by atoms with E-state index in [1.165, 1.54) is 6.07 Å². The number of piperazine rings is 1. The molecular weight excluding hydrogens is 459 g/mol. The lowest BCUT2D eigenvalue weighted by Gasteiger charge is -2.35. The van der Waals surface area contributed by atoms with Crippen LogP contribution in [0.25, 0.3) is 10.2 Å². The van der Waals surface area contributed by atoms with Crippen LogP contribution in [-0.2, 0) is 9.53 Å². The van der Waals surface area contributed by atoms with E-state index in [-0.39, 0.29) is 24.9 Å². The quantitative estimate of drug-likeness (QED) is 0.502. The van der Waals surface area contributed by atoms with Gasteiger partial charge in [0.2, 0.25) is 5.82 Å². The number of anilines is 1. The summed E-state index contributed by atoms with van der Waals surface area (Å²) in [5.41, 5.74) is 0. The summed E-state index contributed by atoms with van der Waals surface area (Å²) in [6.45, 7) is 3.62. The van der Waals surface area contributed by atoms with Crippen LogP contribution in [0.4, 0.5) is 10.2 Å². The first-order chi connectivity index (χ1) is 15.4. The van der Waals surface area contributed by atoms with Crippen molar-refractivity contribution < 1.29 is 23.5 Å². The third-order valence-electron chi connectivity index (χ3n) is 4.91. The first-order valence-corrected chi connectivity index (χ1v) is 11.2. The highest BCUT2D eigenvalue weighted by Crippen LogP contribution is 2.31. The molecule has 32 heavy (non-hydrogen) atoms. The van der Waals surface area contributed by atoms with Gasteiger partial charge in [0.1, 0.15) is 16.4 Å². The molecule has 168 valence electrons. The van der Waals surface area contributed by atoms with Crippen LogP contribution in [0.2, 0.25) is 5.02 Å². The topological polar surface area (TPSA) is 84.9 Å². The standard InChI is InChI=1S/C21H20ClFN4O4S/c1-2-30-21(29)18-24-19(15-11-16(23)32-20(15)25-18)27-9-7-26(8-10-27)17(28)12-31-14-5-3-13(22)4-6-14/h3-6,11H,2,7-10,12H2,1H3. The minimum Gasteiger partial charge on any atom is -0.484 e. The molecule has 0 N–H and O–H groups in total. The van der Waals surface area contributed by atoms with Crippen molar-refractivity contribution in [2.24, 2.45) is 0 Å². The van der Waals surface area contributed by atoms with Crippen LogP contribution in [0.15, 0.2) is 30.3 Å². The molecule has 0 saturated carbocycles. The van der Waals surface area contributed by atoms with Gasteiger partial charge in [-0.2, -0.15) is 4.39 Å². The lowest BCUT2D eigenvalue weighted by Crippen LogP contribution is -2.50. The molecule has 0 radical (unpaired) electrons. The Morgan fingerprint density at radius 2 is 1.88 bits per heavy atom. The summed E-state index contributed by atoms with van der Waals surface area (Å²) in [5.74, 6) is 0.128. The second-order valence-corrected chi connectivity index (χ2v) is 8.39. The number of nitrogens with zero attached hydrogens (tertiary/aromatic N) is 4. The predicted molar refractivity (Wildman–Crippen MR) is 119 cm³/mol. The van der Waals surface area contributed by atoms with E-state index >= 15 is 0 Å². The van der Waals surface area contributed by atoms with Crippen LogP contribution in [0.1, 0.15) is 17.5 Å². The van der Waals surface area contributed by atoms with Gasteiger partial charge in [0, 0.05) is 31.2 Å². The highest BCUT2D eigenvalue weighted by Gasteiger charge is 2.26. The summed E-state index contributed by atoms with van der Waals surface area (Å²) in [7, 11) is 0. The van der Waals surface area contributed by atoms with Gasteiger partial charge in [-0.05, 0) is 37.3 Å². The van der Waals surface area contributed by atoms with Crippen LogP contribution in [0.3, 0.4) is 0 Å². The van der Waals surface area contributed by atoms with Crippen LogP contribution in [-0.4, -0.2) is 66.1 Å². The molecule has 1 amide bonds. The number of ether oxygens (including phenoxy) is 2. The fraction of sp³-hybridized carbons (Fsp3) is 0.333. The van der Waals surface area contributed by atoms with Gasteiger partial charge in [0.15, 0.2) is 11.7 Å². The number of esters is 1. The van der Waals surface area contributed by atoms with E-state index in [0.29, 0.717) is 53.0 Å². The lowest BCUT2D eigenvalue weighted by atomic mass is 10.2. The Morgan fingerprint density at radius 3 is 2.56 bits per heavy atom. The Morgan fingerprint density at radius 1 is 1.16 bits per heavy atom. The van der Waals surface area contributed by atoms with Gasteiger partial charge in [-0.1, -0.05) is 22.9 Å². The van der Waals surface area contributed by atoms with Gasteiger partial charge in [-0.15, -0.1) is 0 Å². The molecule has 1 saturated heterocycles. The van der Waals surface area contributed by atoms with Gasteiger partial charge in [-0.3, -0.25) is 4.79 Å². The zero-order valence-electron chi connectivity index (χ0n) is 17.2. The number of halogens is 2. The molecule has 1 fully saturated rings. The first-order valence-electron chi connectivity index (χ1n) is 10.00. The molecule has 1 aromatic carbocycles. The van der Waals surface area contributed by atoms with E-state index in [2.05, 4.69) is 9.97 Å². The summed E-state index contributed by atoms with van der Waals surface area (Å²) < 4.78 is 24.4. The number of hydrogen-bond donors (Lipinski definition) is 0. The molecule has 0 atom stereocenters. The van der Waals surface area contributed by atoms with Crippen LogP contribution >= 0.6 is 22.9 Å². The largest absolute Gasteiger partial charge is 0.484 e. The molecule has 3 aromatic rings. The van der Waals surface area contributed by atoms with E-state index in [9.17, 15) is 14.0 Å². The fourth-order valence-corrected chi connectivity index (χ4v) is 4.22. The molecule has 0 spiro atoms. The van der Waals surface area contributed by atoms with E-state index in [0.717, 1.165) is 11.3 Å². The Labute approximate surface area is 192 Å². The molecule has 0 aliphatic carbocycles. The van der Waals surface area contributed by atoms with Crippen molar-refractivity contribution >= 4 is 50.8 Å². The lowest BCUT2D eigenvalue weighted by molar-refractivity contribution is -0.133. The number of carbonyl (C=O) groups excluding carboxylic acids is 2. The number of thiophene rings is 1. The molecule has 8 nitrogen and oxygen atoms in total. The van der Waals surface area contributed by atoms with Crippen molar-refractivity contribution in [1.29, 1.82) is 0 Å². The monoisotopic (exact) mass is 478 g/mol. The van der Waals surface area contributed by atoms with Crippen LogP contribution < -0.4 is 9.64 Å². The Bertz CT molecular complexity index is 1130. The van der Waals surface area contributed by atoms with Crippen molar-refractivity contribution in [3.63, 3.8) is 0 Å². The average Bonchev–Trinajstić information content (AvgIpc) is 3.18. The molecular formula is C21H20ClFN4O4S. The van der Waals surface area contributed by atoms with Gasteiger partial charge >= 0.3 is 5.97 Å². The summed E-state index contributed by atoms with van der Waals surface area (Å²) in [6, 6.07) is 8.16. The predicted octanol–water partition coefficient (Wildman–Crippen LogP) is 3.39. The number of fused-ring (bicyclic) bond motifs is 1. The number of aromatic nitrogens is 2. The van der Waals surface area contributed by atoms with Crippen LogP contribution in [0, 0.1) is 5.13 Å². The van der Waals surface area contributed by atoms with Gasteiger partial charge in [0.05, 0.1) is 12.0 Å². The van der Waals surface area contributed by atoms with Gasteiger partial charge < -0.3 is 19.3 Å². The van der Waals surface area contributed by atoms with Crippen molar-refractivity contribution in [2.45, 2.75) is 6.92 Å². The average molecular weight is 479 g/mol. The smallest absolute Gasteiger partial charge is 0.376 e. The normalized spacial score (nSPS) is 14.0. The third kappa shape index (κ3) is 4.91. The summed E-state index contributed by atoms with van der Waals surface area (Å²) in [4.78, 5) is 37.2. The maximum Gasteiger partial charge on any atom is 0.376 e. The summed E-state index contributed by atoms with van der Waals surface area (Å²) >= 11 is 6.70. The summed E-state index contributed by atoms with van der Waals surface area (Å²) in [6.07, 6.45) is 0. The minimum absolute atomic E-state index is 0.0812. The van der Waals surface area contributed by atoms with E-state index in [4.69, 9.17) is 21.1 Å². The number of rotatable bonds is 6. The second-order valence-electron chi connectivity index (χ2n) is 6.97. The number of hydrogen-bond acceptors (Lipinski definition) is 8. The highest BCUT2D eigenvalue weighted by molar-refractivity contribution is 7.17. The highest BCUT2D eigenvalue weighted by atomic mass is 35.5. The molecule has 1 aliphatic heterocycles. The summed E-state index contributed by atoms with van der Waals surface area (Å²) in [5, 5.41) is 0.714. The molecule has 4 rings (SSSR count). The van der Waals surface area contributed by atoms with Crippen molar-refractivity contribution in [1.82, 2.24) is 14.9 Å².